The van der Waals surface area contributed by atoms with Gasteiger partial charge in [-0.3, -0.25) is 9.78 Å². The van der Waals surface area contributed by atoms with Crippen molar-refractivity contribution in [1.82, 2.24) is 10.3 Å². The molecule has 0 radical (unpaired) electrons. The van der Waals surface area contributed by atoms with Gasteiger partial charge in [0.2, 0.25) is 0 Å². The molecule has 4 nitrogen and oxygen atoms in total. The molecule has 116 valence electrons. The van der Waals surface area contributed by atoms with Crippen LogP contribution in [0.1, 0.15) is 49.2 Å². The highest BCUT2D eigenvalue weighted by atomic mass is 16.1. The molecule has 1 amide bonds. The lowest BCUT2D eigenvalue weighted by Crippen LogP contribution is -2.27. The highest BCUT2D eigenvalue weighted by Gasteiger charge is 2.12. The first kappa shape index (κ1) is 16.0. The summed E-state index contributed by atoms with van der Waals surface area (Å²) in [6.45, 7) is 6.19. The summed E-state index contributed by atoms with van der Waals surface area (Å²) >= 11 is 0. The van der Waals surface area contributed by atoms with Crippen LogP contribution in [0.2, 0.25) is 0 Å². The monoisotopic (exact) mass is 297 g/mol. The van der Waals surface area contributed by atoms with E-state index in [0.717, 1.165) is 17.7 Å². The number of rotatable bonds is 6. The van der Waals surface area contributed by atoms with Gasteiger partial charge >= 0.3 is 0 Å². The second-order valence-corrected chi connectivity index (χ2v) is 5.52. The highest BCUT2D eigenvalue weighted by molar-refractivity contribution is 5.94. The minimum absolute atomic E-state index is 0.0418. The normalized spacial score (nSPS) is 13.2. The first-order chi connectivity index (χ1) is 10.6. The van der Waals surface area contributed by atoms with Crippen LogP contribution in [-0.4, -0.2) is 16.9 Å². The first-order valence-corrected chi connectivity index (χ1v) is 7.67. The molecule has 0 aliphatic rings. The predicted molar refractivity (Wildman–Crippen MR) is 89.9 cm³/mol. The molecule has 4 heteroatoms. The fourth-order valence-electron chi connectivity index (χ4n) is 2.13. The van der Waals surface area contributed by atoms with Gasteiger partial charge in [0.15, 0.2) is 0 Å². The van der Waals surface area contributed by atoms with Crippen LogP contribution < -0.4 is 10.6 Å². The number of hydrogen-bond acceptors (Lipinski definition) is 3. The lowest BCUT2D eigenvalue weighted by molar-refractivity contribution is 0.0939. The molecule has 1 aromatic carbocycles. The lowest BCUT2D eigenvalue weighted by Gasteiger charge is -2.16. The molecule has 2 rings (SSSR count). The van der Waals surface area contributed by atoms with Gasteiger partial charge in [0, 0.05) is 18.4 Å². The molecule has 1 heterocycles. The topological polar surface area (TPSA) is 54.0 Å². The number of hydrogen-bond donors (Lipinski definition) is 2. The molecule has 22 heavy (non-hydrogen) atoms. The summed E-state index contributed by atoms with van der Waals surface area (Å²) in [5.41, 5.74) is 2.52. The Morgan fingerprint density at radius 2 is 1.91 bits per heavy atom. The van der Waals surface area contributed by atoms with Crippen LogP contribution >= 0.6 is 0 Å². The number of anilines is 1. The Morgan fingerprint density at radius 1 is 1.18 bits per heavy atom. The van der Waals surface area contributed by atoms with E-state index in [1.165, 1.54) is 0 Å². The van der Waals surface area contributed by atoms with Crippen LogP contribution in [-0.2, 0) is 0 Å². The third kappa shape index (κ3) is 4.32. The molecule has 1 aromatic heterocycles. The van der Waals surface area contributed by atoms with Gasteiger partial charge in [-0.05, 0) is 31.9 Å². The van der Waals surface area contributed by atoms with Gasteiger partial charge in [0.05, 0.1) is 17.3 Å². The van der Waals surface area contributed by atoms with Crippen LogP contribution in [0.3, 0.4) is 0 Å². The lowest BCUT2D eigenvalue weighted by atomic mass is 10.1. The molecule has 0 saturated carbocycles. The van der Waals surface area contributed by atoms with E-state index in [1.807, 2.05) is 43.3 Å². The smallest absolute Gasteiger partial charge is 0.253 e. The fraction of sp³-hybridized carbons (Fsp3) is 0.333. The van der Waals surface area contributed by atoms with E-state index in [4.69, 9.17) is 0 Å². The van der Waals surface area contributed by atoms with Crippen molar-refractivity contribution in [2.24, 2.45) is 0 Å². The first-order valence-electron chi connectivity index (χ1n) is 7.67. The molecule has 2 unspecified atom stereocenters. The molecule has 2 atom stereocenters. The Morgan fingerprint density at radius 3 is 2.59 bits per heavy atom. The Labute approximate surface area is 132 Å². The van der Waals surface area contributed by atoms with Crippen molar-refractivity contribution in [3.63, 3.8) is 0 Å². The summed E-state index contributed by atoms with van der Waals surface area (Å²) in [6, 6.07) is 12.1. The maximum atomic E-state index is 12.4. The molecular formula is C18H23N3O. The van der Waals surface area contributed by atoms with Crippen LogP contribution in [0.15, 0.2) is 48.8 Å². The van der Waals surface area contributed by atoms with Gasteiger partial charge in [0.25, 0.3) is 5.91 Å². The Kier molecular flexibility index (Phi) is 5.53. The molecule has 0 aliphatic heterocycles. The van der Waals surface area contributed by atoms with Gasteiger partial charge in [-0.15, -0.1) is 0 Å². The van der Waals surface area contributed by atoms with Crippen LogP contribution in [0, 0.1) is 0 Å². The van der Waals surface area contributed by atoms with Crippen molar-refractivity contribution in [3.05, 3.63) is 59.9 Å². The van der Waals surface area contributed by atoms with Gasteiger partial charge in [-0.25, -0.2) is 0 Å². The van der Waals surface area contributed by atoms with E-state index in [1.54, 1.807) is 12.4 Å². The molecule has 2 N–H and O–H groups in total. The van der Waals surface area contributed by atoms with E-state index in [2.05, 4.69) is 29.5 Å². The number of nitrogens with zero attached hydrogens (tertiary/aromatic N) is 1. The largest absolute Gasteiger partial charge is 0.381 e. The van der Waals surface area contributed by atoms with E-state index in [0.29, 0.717) is 11.6 Å². The fourth-order valence-corrected chi connectivity index (χ4v) is 2.13. The number of carbonyl (C=O) groups excluding carboxylic acids is 1. The number of pyridine rings is 1. The van der Waals surface area contributed by atoms with Crippen molar-refractivity contribution in [3.8, 4) is 0 Å². The Balaban J connectivity index is 2.05. The molecular weight excluding hydrogens is 274 g/mol. The van der Waals surface area contributed by atoms with Crippen molar-refractivity contribution >= 4 is 11.6 Å². The second-order valence-electron chi connectivity index (χ2n) is 5.52. The molecule has 0 saturated heterocycles. The standard InChI is InChI=1S/C18H23N3O/c1-4-13(2)20-17-10-16(11-19-12-17)18(22)21-14(3)15-8-6-5-7-9-15/h5-14,20H,4H2,1-3H3,(H,21,22). The number of amides is 1. The van der Waals surface area contributed by atoms with Crippen molar-refractivity contribution in [1.29, 1.82) is 0 Å². The zero-order chi connectivity index (χ0) is 15.9. The summed E-state index contributed by atoms with van der Waals surface area (Å²) in [6.07, 6.45) is 4.35. The summed E-state index contributed by atoms with van der Waals surface area (Å²) in [5, 5.41) is 6.33. The third-order valence-corrected chi connectivity index (χ3v) is 3.67. The van der Waals surface area contributed by atoms with Gasteiger partial charge < -0.3 is 10.6 Å². The van der Waals surface area contributed by atoms with E-state index >= 15 is 0 Å². The molecule has 0 aliphatic carbocycles. The third-order valence-electron chi connectivity index (χ3n) is 3.67. The van der Waals surface area contributed by atoms with Crippen LogP contribution in [0.25, 0.3) is 0 Å². The summed E-state index contributed by atoms with van der Waals surface area (Å²) in [4.78, 5) is 16.5. The zero-order valence-electron chi connectivity index (χ0n) is 13.3. The minimum atomic E-state index is -0.114. The van der Waals surface area contributed by atoms with E-state index in [9.17, 15) is 4.79 Å². The van der Waals surface area contributed by atoms with Crippen LogP contribution in [0.5, 0.6) is 0 Å². The average molecular weight is 297 g/mol. The molecule has 0 fully saturated rings. The second kappa shape index (κ2) is 7.59. The molecule has 0 bridgehead atoms. The van der Waals surface area contributed by atoms with Gasteiger partial charge in [-0.2, -0.15) is 0 Å². The molecule has 2 aromatic rings. The summed E-state index contributed by atoms with van der Waals surface area (Å²) in [5.74, 6) is -0.114. The Hall–Kier alpha value is -2.36. The zero-order valence-corrected chi connectivity index (χ0v) is 13.3. The van der Waals surface area contributed by atoms with Gasteiger partial charge in [0.1, 0.15) is 0 Å². The summed E-state index contributed by atoms with van der Waals surface area (Å²) < 4.78 is 0. The van der Waals surface area contributed by atoms with E-state index < -0.39 is 0 Å². The quantitative estimate of drug-likeness (QED) is 0.853. The maximum absolute atomic E-state index is 12.4. The number of carbonyl (C=O) groups is 1. The van der Waals surface area contributed by atoms with Crippen molar-refractivity contribution in [2.45, 2.75) is 39.3 Å². The minimum Gasteiger partial charge on any atom is -0.381 e. The highest BCUT2D eigenvalue weighted by Crippen LogP contribution is 2.14. The average Bonchev–Trinajstić information content (AvgIpc) is 2.55. The number of aromatic nitrogens is 1. The number of nitrogens with one attached hydrogen (secondary N) is 2. The summed E-state index contributed by atoms with van der Waals surface area (Å²) in [7, 11) is 0. The molecule has 0 spiro atoms. The predicted octanol–water partition coefficient (Wildman–Crippen LogP) is 3.78. The van der Waals surface area contributed by atoms with E-state index in [-0.39, 0.29) is 11.9 Å². The Bertz CT molecular complexity index is 613. The van der Waals surface area contributed by atoms with Gasteiger partial charge in [-0.1, -0.05) is 37.3 Å². The van der Waals surface area contributed by atoms with Crippen molar-refractivity contribution < 1.29 is 4.79 Å². The van der Waals surface area contributed by atoms with Crippen LogP contribution in [0.4, 0.5) is 5.69 Å². The maximum Gasteiger partial charge on any atom is 0.253 e. The van der Waals surface area contributed by atoms with Crippen molar-refractivity contribution in [2.75, 3.05) is 5.32 Å². The SMILES string of the molecule is CCC(C)Nc1cncc(C(=O)NC(C)c2ccccc2)c1. The number of benzene rings is 1.